The molecule has 0 fully saturated rings. The molecule has 2 aromatic carbocycles. The van der Waals surface area contributed by atoms with E-state index in [0.717, 1.165) is 0 Å². The number of benzene rings is 2. The number of hydrogen-bond donors (Lipinski definition) is 1. The monoisotopic (exact) mass is 271 g/mol. The summed E-state index contributed by atoms with van der Waals surface area (Å²) >= 11 is 0. The van der Waals surface area contributed by atoms with E-state index in [1.807, 2.05) is 0 Å². The van der Waals surface area contributed by atoms with Gasteiger partial charge >= 0.3 is 0 Å². The summed E-state index contributed by atoms with van der Waals surface area (Å²) in [4.78, 5) is 15.4. The molecule has 0 aliphatic carbocycles. The van der Waals surface area contributed by atoms with Crippen LogP contribution in [0.1, 0.15) is 21.5 Å². The standard InChI is InChI=1S/C16H11F2NO/c1-9-2-3-10(17)6-13(9)16(20)14-8-19-15-7-11(18)4-5-12(14)15/h2-8,19H,1H3. The number of H-pyrrole nitrogens is 1. The first kappa shape index (κ1) is 12.5. The molecule has 1 N–H and O–H groups in total. The van der Waals surface area contributed by atoms with Gasteiger partial charge in [0.1, 0.15) is 11.6 Å². The van der Waals surface area contributed by atoms with Crippen molar-refractivity contribution in [1.29, 1.82) is 0 Å². The zero-order chi connectivity index (χ0) is 14.3. The van der Waals surface area contributed by atoms with Gasteiger partial charge in [0.25, 0.3) is 0 Å². The van der Waals surface area contributed by atoms with Gasteiger partial charge in [0, 0.05) is 28.2 Å². The second kappa shape index (κ2) is 4.56. The van der Waals surface area contributed by atoms with Crippen molar-refractivity contribution in [3.63, 3.8) is 0 Å². The SMILES string of the molecule is Cc1ccc(F)cc1C(=O)c1c[nH]c2cc(F)ccc12. The van der Waals surface area contributed by atoms with Crippen LogP contribution in [0.15, 0.2) is 42.6 Å². The molecule has 4 heteroatoms. The molecule has 0 aliphatic rings. The first-order chi connectivity index (χ1) is 9.56. The van der Waals surface area contributed by atoms with Crippen LogP contribution in [-0.4, -0.2) is 10.8 Å². The van der Waals surface area contributed by atoms with E-state index in [2.05, 4.69) is 4.98 Å². The maximum Gasteiger partial charge on any atom is 0.195 e. The first-order valence-corrected chi connectivity index (χ1v) is 6.14. The molecule has 0 atom stereocenters. The Labute approximate surface area is 114 Å². The molecule has 0 unspecified atom stereocenters. The van der Waals surface area contributed by atoms with Gasteiger partial charge in [-0.25, -0.2) is 8.78 Å². The quantitative estimate of drug-likeness (QED) is 0.702. The van der Waals surface area contributed by atoms with Crippen molar-refractivity contribution in [3.8, 4) is 0 Å². The Balaban J connectivity index is 2.15. The van der Waals surface area contributed by atoms with Crippen molar-refractivity contribution in [2.75, 3.05) is 0 Å². The predicted octanol–water partition coefficient (Wildman–Crippen LogP) is 3.99. The molecule has 0 amide bonds. The lowest BCUT2D eigenvalue weighted by molar-refractivity contribution is 0.103. The molecule has 100 valence electrons. The average Bonchev–Trinajstić information content (AvgIpc) is 2.83. The fourth-order valence-corrected chi connectivity index (χ4v) is 2.27. The van der Waals surface area contributed by atoms with E-state index in [1.165, 1.54) is 30.5 Å². The van der Waals surface area contributed by atoms with Crippen LogP contribution in [-0.2, 0) is 0 Å². The molecule has 0 saturated heterocycles. The number of fused-ring (bicyclic) bond motifs is 1. The van der Waals surface area contributed by atoms with E-state index in [-0.39, 0.29) is 11.6 Å². The topological polar surface area (TPSA) is 32.9 Å². The summed E-state index contributed by atoms with van der Waals surface area (Å²) in [5, 5.41) is 0.625. The molecule has 0 saturated carbocycles. The maximum absolute atomic E-state index is 13.3. The van der Waals surface area contributed by atoms with Crippen LogP contribution < -0.4 is 0 Å². The smallest absolute Gasteiger partial charge is 0.195 e. The third kappa shape index (κ3) is 1.99. The van der Waals surface area contributed by atoms with Gasteiger partial charge in [-0.05, 0) is 42.8 Å². The van der Waals surface area contributed by atoms with Crippen molar-refractivity contribution < 1.29 is 13.6 Å². The summed E-state index contributed by atoms with van der Waals surface area (Å²) in [6, 6.07) is 8.27. The Kier molecular flexibility index (Phi) is 2.86. The summed E-state index contributed by atoms with van der Waals surface area (Å²) < 4.78 is 26.4. The minimum atomic E-state index is -0.454. The lowest BCUT2D eigenvalue weighted by atomic mass is 9.98. The minimum Gasteiger partial charge on any atom is -0.360 e. The molecule has 20 heavy (non-hydrogen) atoms. The normalized spacial score (nSPS) is 10.9. The summed E-state index contributed by atoms with van der Waals surface area (Å²) in [5.41, 5.74) is 1.97. The number of carbonyl (C=O) groups is 1. The highest BCUT2D eigenvalue weighted by molar-refractivity contribution is 6.16. The zero-order valence-electron chi connectivity index (χ0n) is 10.7. The van der Waals surface area contributed by atoms with Crippen LogP contribution in [0.5, 0.6) is 0 Å². The number of aromatic nitrogens is 1. The molecule has 0 aliphatic heterocycles. The van der Waals surface area contributed by atoms with Crippen LogP contribution >= 0.6 is 0 Å². The van der Waals surface area contributed by atoms with Crippen molar-refractivity contribution in [2.45, 2.75) is 6.92 Å². The third-order valence-electron chi connectivity index (χ3n) is 3.33. The Morgan fingerprint density at radius 3 is 2.50 bits per heavy atom. The second-order valence-electron chi connectivity index (χ2n) is 4.68. The molecule has 0 spiro atoms. The van der Waals surface area contributed by atoms with Crippen molar-refractivity contribution in [3.05, 3.63) is 70.9 Å². The molecule has 0 radical (unpaired) electrons. The molecule has 0 bridgehead atoms. The summed E-state index contributed by atoms with van der Waals surface area (Å²) in [6.07, 6.45) is 1.52. The Hall–Kier alpha value is -2.49. The number of aromatic amines is 1. The van der Waals surface area contributed by atoms with Crippen molar-refractivity contribution in [2.24, 2.45) is 0 Å². The average molecular weight is 271 g/mol. The molecular weight excluding hydrogens is 260 g/mol. The van der Waals surface area contributed by atoms with Gasteiger partial charge in [-0.3, -0.25) is 4.79 Å². The Morgan fingerprint density at radius 1 is 1.00 bits per heavy atom. The van der Waals surface area contributed by atoms with Gasteiger partial charge < -0.3 is 4.98 Å². The number of rotatable bonds is 2. The third-order valence-corrected chi connectivity index (χ3v) is 3.33. The Bertz CT molecular complexity index is 820. The van der Waals surface area contributed by atoms with Crippen molar-refractivity contribution >= 4 is 16.7 Å². The van der Waals surface area contributed by atoms with Crippen LogP contribution in [0, 0.1) is 18.6 Å². The highest BCUT2D eigenvalue weighted by Crippen LogP contribution is 2.23. The highest BCUT2D eigenvalue weighted by Gasteiger charge is 2.16. The van der Waals surface area contributed by atoms with E-state index in [4.69, 9.17) is 0 Å². The van der Waals surface area contributed by atoms with Crippen LogP contribution in [0.25, 0.3) is 10.9 Å². The first-order valence-electron chi connectivity index (χ1n) is 6.14. The number of nitrogens with one attached hydrogen (secondary N) is 1. The molecule has 3 rings (SSSR count). The Morgan fingerprint density at radius 2 is 1.70 bits per heavy atom. The van der Waals surface area contributed by atoms with E-state index in [9.17, 15) is 13.6 Å². The van der Waals surface area contributed by atoms with Crippen LogP contribution in [0.2, 0.25) is 0 Å². The summed E-state index contributed by atoms with van der Waals surface area (Å²) in [6.45, 7) is 1.75. The van der Waals surface area contributed by atoms with Crippen LogP contribution in [0.3, 0.4) is 0 Å². The summed E-state index contributed by atoms with van der Waals surface area (Å²) in [5.74, 6) is -1.11. The largest absolute Gasteiger partial charge is 0.360 e. The van der Waals surface area contributed by atoms with Gasteiger partial charge in [-0.1, -0.05) is 6.07 Å². The van der Waals surface area contributed by atoms with Crippen LogP contribution in [0.4, 0.5) is 8.78 Å². The number of aryl methyl sites for hydroxylation is 1. The van der Waals surface area contributed by atoms with Gasteiger partial charge in [0.2, 0.25) is 0 Å². The van der Waals surface area contributed by atoms with E-state index in [0.29, 0.717) is 27.6 Å². The van der Waals surface area contributed by atoms with E-state index < -0.39 is 5.82 Å². The van der Waals surface area contributed by atoms with Gasteiger partial charge in [-0.15, -0.1) is 0 Å². The maximum atomic E-state index is 13.3. The number of carbonyl (C=O) groups excluding carboxylic acids is 1. The van der Waals surface area contributed by atoms with Gasteiger partial charge in [-0.2, -0.15) is 0 Å². The minimum absolute atomic E-state index is 0.278. The molecular formula is C16H11F2NO. The molecule has 1 heterocycles. The number of halogens is 2. The molecule has 2 nitrogen and oxygen atoms in total. The summed E-state index contributed by atoms with van der Waals surface area (Å²) in [7, 11) is 0. The second-order valence-corrected chi connectivity index (χ2v) is 4.68. The van der Waals surface area contributed by atoms with E-state index >= 15 is 0 Å². The van der Waals surface area contributed by atoms with E-state index in [1.54, 1.807) is 19.1 Å². The van der Waals surface area contributed by atoms with Crippen molar-refractivity contribution in [1.82, 2.24) is 4.98 Å². The fraction of sp³-hybridized carbons (Fsp3) is 0.0625. The number of hydrogen-bond acceptors (Lipinski definition) is 1. The zero-order valence-corrected chi connectivity index (χ0v) is 10.7. The predicted molar refractivity (Wildman–Crippen MR) is 72.8 cm³/mol. The lowest BCUT2D eigenvalue weighted by Gasteiger charge is -2.04. The number of ketones is 1. The molecule has 1 aromatic heterocycles. The lowest BCUT2D eigenvalue weighted by Crippen LogP contribution is -2.03. The fourth-order valence-electron chi connectivity index (χ4n) is 2.27. The highest BCUT2D eigenvalue weighted by atomic mass is 19.1. The van der Waals surface area contributed by atoms with Gasteiger partial charge in [0.05, 0.1) is 0 Å². The van der Waals surface area contributed by atoms with Gasteiger partial charge in [0.15, 0.2) is 5.78 Å². The molecule has 3 aromatic rings.